The highest BCUT2D eigenvalue weighted by atomic mass is 32.2. The zero-order chi connectivity index (χ0) is 18.6. The van der Waals surface area contributed by atoms with Crippen LogP contribution in [0.2, 0.25) is 0 Å². The van der Waals surface area contributed by atoms with Gasteiger partial charge in [0.1, 0.15) is 11.3 Å². The third kappa shape index (κ3) is 4.33. The minimum Gasteiger partial charge on any atom is -0.431 e. The SMILES string of the molecule is Cc1nccn1CCN1CCN(C(=O)CSc2nc3ccccc3o2)CC1. The zero-order valence-corrected chi connectivity index (χ0v) is 16.2. The van der Waals surface area contributed by atoms with E-state index in [-0.39, 0.29) is 5.91 Å². The Kier molecular flexibility index (Phi) is 5.45. The standard InChI is InChI=1S/C19H23N5O2S/c1-15-20-6-7-23(15)11-8-22-9-12-24(13-10-22)18(25)14-27-19-21-16-4-2-3-5-17(16)26-19/h2-7H,8-14H2,1H3. The molecule has 2 aromatic heterocycles. The third-order valence-electron chi connectivity index (χ3n) is 4.90. The van der Waals surface area contributed by atoms with Gasteiger partial charge in [0.2, 0.25) is 5.91 Å². The van der Waals surface area contributed by atoms with Crippen molar-refractivity contribution in [2.75, 3.05) is 38.5 Å². The number of amides is 1. The minimum absolute atomic E-state index is 0.146. The normalized spacial score (nSPS) is 15.5. The summed E-state index contributed by atoms with van der Waals surface area (Å²) in [5.74, 6) is 1.55. The van der Waals surface area contributed by atoms with E-state index in [4.69, 9.17) is 4.42 Å². The molecule has 0 aliphatic carbocycles. The zero-order valence-electron chi connectivity index (χ0n) is 15.4. The Balaban J connectivity index is 1.22. The number of rotatable bonds is 6. The molecule has 8 heteroatoms. The van der Waals surface area contributed by atoms with Crippen molar-refractivity contribution < 1.29 is 9.21 Å². The van der Waals surface area contributed by atoms with Gasteiger partial charge in [0, 0.05) is 51.7 Å². The highest BCUT2D eigenvalue weighted by molar-refractivity contribution is 7.99. The minimum atomic E-state index is 0.146. The Labute approximate surface area is 162 Å². The fraction of sp³-hybridized carbons (Fsp3) is 0.421. The largest absolute Gasteiger partial charge is 0.431 e. The molecule has 1 amide bonds. The van der Waals surface area contributed by atoms with Gasteiger partial charge in [-0.1, -0.05) is 23.9 Å². The maximum Gasteiger partial charge on any atom is 0.257 e. The van der Waals surface area contributed by atoms with Crippen molar-refractivity contribution in [3.05, 3.63) is 42.5 Å². The molecule has 1 saturated heterocycles. The molecule has 3 aromatic rings. The van der Waals surface area contributed by atoms with E-state index in [1.54, 1.807) is 0 Å². The first-order chi connectivity index (χ1) is 13.2. The van der Waals surface area contributed by atoms with Gasteiger partial charge in [-0.2, -0.15) is 0 Å². The molecule has 0 N–H and O–H groups in total. The molecular formula is C19H23N5O2S. The number of carbonyl (C=O) groups excluding carboxylic acids is 1. The summed E-state index contributed by atoms with van der Waals surface area (Å²) < 4.78 is 7.83. The predicted molar refractivity (Wildman–Crippen MR) is 105 cm³/mol. The van der Waals surface area contributed by atoms with Crippen LogP contribution in [0.3, 0.4) is 0 Å². The van der Waals surface area contributed by atoms with Gasteiger partial charge in [-0.15, -0.1) is 0 Å². The number of para-hydroxylation sites is 2. The molecule has 1 aliphatic heterocycles. The van der Waals surface area contributed by atoms with Gasteiger partial charge in [-0.3, -0.25) is 9.69 Å². The van der Waals surface area contributed by atoms with Gasteiger partial charge >= 0.3 is 0 Å². The lowest BCUT2D eigenvalue weighted by atomic mass is 10.3. The van der Waals surface area contributed by atoms with Crippen molar-refractivity contribution in [2.24, 2.45) is 0 Å². The summed E-state index contributed by atoms with van der Waals surface area (Å²) >= 11 is 1.37. The lowest BCUT2D eigenvalue weighted by molar-refractivity contribution is -0.130. The van der Waals surface area contributed by atoms with Crippen molar-refractivity contribution in [1.82, 2.24) is 24.3 Å². The molecule has 0 saturated carbocycles. The topological polar surface area (TPSA) is 67.4 Å². The summed E-state index contributed by atoms with van der Waals surface area (Å²) in [5, 5.41) is 0.555. The average molecular weight is 385 g/mol. The second kappa shape index (κ2) is 8.14. The molecule has 4 rings (SSSR count). The Morgan fingerprint density at radius 2 is 2.00 bits per heavy atom. The molecule has 0 atom stereocenters. The van der Waals surface area contributed by atoms with Crippen LogP contribution in [0.5, 0.6) is 0 Å². The van der Waals surface area contributed by atoms with Crippen LogP contribution in [0, 0.1) is 6.92 Å². The number of imidazole rings is 1. The number of aryl methyl sites for hydroxylation is 1. The van der Waals surface area contributed by atoms with Gasteiger partial charge in [0.15, 0.2) is 5.58 Å². The first-order valence-corrected chi connectivity index (χ1v) is 10.1. The average Bonchev–Trinajstić information content (AvgIpc) is 3.30. The number of carbonyl (C=O) groups is 1. The maximum atomic E-state index is 12.5. The first-order valence-electron chi connectivity index (χ1n) is 9.15. The van der Waals surface area contributed by atoms with E-state index in [1.807, 2.05) is 48.5 Å². The molecule has 142 valence electrons. The van der Waals surface area contributed by atoms with E-state index in [1.165, 1.54) is 11.8 Å². The van der Waals surface area contributed by atoms with Crippen LogP contribution in [0.1, 0.15) is 5.82 Å². The lowest BCUT2D eigenvalue weighted by Gasteiger charge is -2.34. The van der Waals surface area contributed by atoms with E-state index in [9.17, 15) is 4.79 Å². The fourth-order valence-corrected chi connectivity index (χ4v) is 3.98. The second-order valence-electron chi connectivity index (χ2n) is 6.63. The molecule has 27 heavy (non-hydrogen) atoms. The van der Waals surface area contributed by atoms with Gasteiger partial charge in [-0.25, -0.2) is 9.97 Å². The summed E-state index contributed by atoms with van der Waals surface area (Å²) in [6.45, 7) is 7.31. The molecular weight excluding hydrogens is 362 g/mol. The first kappa shape index (κ1) is 18.1. The number of piperazine rings is 1. The lowest BCUT2D eigenvalue weighted by Crippen LogP contribution is -2.49. The van der Waals surface area contributed by atoms with Crippen LogP contribution in [0.4, 0.5) is 0 Å². The maximum absolute atomic E-state index is 12.5. The molecule has 0 radical (unpaired) electrons. The van der Waals surface area contributed by atoms with E-state index in [0.29, 0.717) is 11.0 Å². The van der Waals surface area contributed by atoms with Crippen LogP contribution in [-0.4, -0.2) is 68.7 Å². The summed E-state index contributed by atoms with van der Waals surface area (Å²) in [6, 6.07) is 7.65. The van der Waals surface area contributed by atoms with Crippen molar-refractivity contribution in [2.45, 2.75) is 18.7 Å². The van der Waals surface area contributed by atoms with Crippen molar-refractivity contribution >= 4 is 28.8 Å². The van der Waals surface area contributed by atoms with Crippen LogP contribution in [-0.2, 0) is 11.3 Å². The Morgan fingerprint density at radius 3 is 2.74 bits per heavy atom. The Hall–Kier alpha value is -2.32. The van der Waals surface area contributed by atoms with E-state index < -0.39 is 0 Å². The van der Waals surface area contributed by atoms with Gasteiger partial charge < -0.3 is 13.9 Å². The predicted octanol–water partition coefficient (Wildman–Crippen LogP) is 2.27. The molecule has 1 aromatic carbocycles. The number of oxazole rings is 1. The Morgan fingerprint density at radius 1 is 1.19 bits per heavy atom. The number of benzene rings is 1. The highest BCUT2D eigenvalue weighted by Crippen LogP contribution is 2.23. The number of hydrogen-bond acceptors (Lipinski definition) is 6. The van der Waals surface area contributed by atoms with Gasteiger partial charge in [0.05, 0.1) is 5.75 Å². The number of thioether (sulfide) groups is 1. The third-order valence-corrected chi connectivity index (χ3v) is 5.71. The Bertz CT molecular complexity index is 881. The summed E-state index contributed by atoms with van der Waals surface area (Å²) in [7, 11) is 0. The van der Waals surface area contributed by atoms with Crippen molar-refractivity contribution in [3.8, 4) is 0 Å². The molecule has 3 heterocycles. The summed E-state index contributed by atoms with van der Waals surface area (Å²) in [5.41, 5.74) is 1.59. The monoisotopic (exact) mass is 385 g/mol. The number of hydrogen-bond donors (Lipinski definition) is 0. The molecule has 0 bridgehead atoms. The molecule has 0 unspecified atom stereocenters. The van der Waals surface area contributed by atoms with Crippen LogP contribution in [0.25, 0.3) is 11.1 Å². The fourth-order valence-electron chi connectivity index (χ4n) is 3.24. The summed E-state index contributed by atoms with van der Waals surface area (Å²) in [4.78, 5) is 25.5. The van der Waals surface area contributed by atoms with E-state index >= 15 is 0 Å². The number of nitrogens with zero attached hydrogens (tertiary/aromatic N) is 5. The van der Waals surface area contributed by atoms with E-state index in [0.717, 1.165) is 56.2 Å². The molecule has 0 spiro atoms. The van der Waals surface area contributed by atoms with Crippen molar-refractivity contribution in [1.29, 1.82) is 0 Å². The highest BCUT2D eigenvalue weighted by Gasteiger charge is 2.21. The van der Waals surface area contributed by atoms with Crippen LogP contribution in [0.15, 0.2) is 46.3 Å². The molecule has 7 nitrogen and oxygen atoms in total. The molecule has 1 aliphatic rings. The number of aromatic nitrogens is 3. The van der Waals surface area contributed by atoms with Gasteiger partial charge in [-0.05, 0) is 19.1 Å². The quantitative estimate of drug-likeness (QED) is 0.607. The van der Waals surface area contributed by atoms with Crippen LogP contribution >= 0.6 is 11.8 Å². The summed E-state index contributed by atoms with van der Waals surface area (Å²) in [6.07, 6.45) is 3.85. The van der Waals surface area contributed by atoms with Crippen LogP contribution < -0.4 is 0 Å². The van der Waals surface area contributed by atoms with E-state index in [2.05, 4.69) is 19.4 Å². The smallest absolute Gasteiger partial charge is 0.257 e. The second-order valence-corrected chi connectivity index (χ2v) is 7.55. The van der Waals surface area contributed by atoms with Crippen molar-refractivity contribution in [3.63, 3.8) is 0 Å². The van der Waals surface area contributed by atoms with Gasteiger partial charge in [0.25, 0.3) is 5.22 Å². The number of fused-ring (bicyclic) bond motifs is 1. The molecule has 1 fully saturated rings.